The fourth-order valence-corrected chi connectivity index (χ4v) is 4.21. The maximum Gasteiger partial charge on any atom is 0.322 e. The van der Waals surface area contributed by atoms with Crippen LogP contribution >= 0.6 is 11.3 Å². The Labute approximate surface area is 174 Å². The topological polar surface area (TPSA) is 61.4 Å². The molecule has 0 bridgehead atoms. The van der Waals surface area contributed by atoms with Gasteiger partial charge in [-0.05, 0) is 42.0 Å². The van der Waals surface area contributed by atoms with Gasteiger partial charge in [-0.25, -0.2) is 4.79 Å². The predicted octanol–water partition coefficient (Wildman–Crippen LogP) is 5.30. The van der Waals surface area contributed by atoms with Crippen molar-refractivity contribution < 1.29 is 9.59 Å². The van der Waals surface area contributed by atoms with Crippen molar-refractivity contribution in [2.45, 2.75) is 12.8 Å². The van der Waals surface area contributed by atoms with Gasteiger partial charge in [0.25, 0.3) is 0 Å². The van der Waals surface area contributed by atoms with Gasteiger partial charge < -0.3 is 10.2 Å². The lowest BCUT2D eigenvalue weighted by Gasteiger charge is -2.32. The third kappa shape index (κ3) is 4.66. The number of carbonyl (C=O) groups is 2. The van der Waals surface area contributed by atoms with Crippen LogP contribution in [0.4, 0.5) is 15.5 Å². The standard InChI is InChI=1S/C23H23N3O2S/c27-22(24-20-12-5-4-11-19(20)17-8-2-1-3-9-17)18-10-6-14-26(16-18)23(28)25-21-13-7-15-29-21/h1-5,7-9,11-13,15,18H,6,10,14,16H2,(H,24,27)(H,25,28). The molecule has 1 unspecified atom stereocenters. The van der Waals surface area contributed by atoms with Crippen molar-refractivity contribution in [1.29, 1.82) is 0 Å². The van der Waals surface area contributed by atoms with Gasteiger partial charge in [0.1, 0.15) is 0 Å². The summed E-state index contributed by atoms with van der Waals surface area (Å²) >= 11 is 1.49. The van der Waals surface area contributed by atoms with E-state index in [1.807, 2.05) is 72.1 Å². The second kappa shape index (κ2) is 8.92. The van der Waals surface area contributed by atoms with Crippen molar-refractivity contribution in [3.63, 3.8) is 0 Å². The van der Waals surface area contributed by atoms with Crippen LogP contribution in [0.25, 0.3) is 11.1 Å². The number of carbonyl (C=O) groups excluding carboxylic acids is 2. The average molecular weight is 406 g/mol. The lowest BCUT2D eigenvalue weighted by Crippen LogP contribution is -2.45. The largest absolute Gasteiger partial charge is 0.325 e. The summed E-state index contributed by atoms with van der Waals surface area (Å²) in [5.74, 6) is -0.260. The molecule has 1 aromatic heterocycles. The lowest BCUT2D eigenvalue weighted by molar-refractivity contribution is -0.121. The molecule has 29 heavy (non-hydrogen) atoms. The number of piperidine rings is 1. The number of amides is 3. The monoisotopic (exact) mass is 405 g/mol. The molecule has 0 saturated carbocycles. The number of nitrogens with one attached hydrogen (secondary N) is 2. The first-order valence-electron chi connectivity index (χ1n) is 9.75. The van der Waals surface area contributed by atoms with Crippen molar-refractivity contribution in [2.75, 3.05) is 23.7 Å². The quantitative estimate of drug-likeness (QED) is 0.619. The number of rotatable bonds is 4. The molecule has 0 spiro atoms. The predicted molar refractivity (Wildman–Crippen MR) is 118 cm³/mol. The molecule has 2 heterocycles. The molecule has 148 valence electrons. The van der Waals surface area contributed by atoms with Gasteiger partial charge in [0.2, 0.25) is 5.91 Å². The van der Waals surface area contributed by atoms with Crippen LogP contribution in [0, 0.1) is 5.92 Å². The zero-order chi connectivity index (χ0) is 20.1. The molecule has 2 aromatic carbocycles. The molecular weight excluding hydrogens is 382 g/mol. The number of nitrogens with zero attached hydrogens (tertiary/aromatic N) is 1. The molecule has 3 amide bonds. The SMILES string of the molecule is O=C(Nc1ccccc1-c1ccccc1)C1CCCN(C(=O)Nc2cccs2)C1. The van der Waals surface area contributed by atoms with E-state index in [4.69, 9.17) is 0 Å². The third-order valence-electron chi connectivity index (χ3n) is 5.10. The van der Waals surface area contributed by atoms with Crippen LogP contribution in [-0.2, 0) is 4.79 Å². The van der Waals surface area contributed by atoms with Crippen molar-refractivity contribution in [1.82, 2.24) is 4.90 Å². The summed E-state index contributed by atoms with van der Waals surface area (Å²) in [7, 11) is 0. The van der Waals surface area contributed by atoms with Crippen molar-refractivity contribution >= 4 is 34.0 Å². The highest BCUT2D eigenvalue weighted by Crippen LogP contribution is 2.29. The molecule has 5 nitrogen and oxygen atoms in total. The number of thiophene rings is 1. The molecule has 1 aliphatic heterocycles. The highest BCUT2D eigenvalue weighted by molar-refractivity contribution is 7.14. The van der Waals surface area contributed by atoms with Crippen LogP contribution < -0.4 is 10.6 Å². The second-order valence-corrected chi connectivity index (χ2v) is 8.04. The van der Waals surface area contributed by atoms with Crippen molar-refractivity contribution in [2.24, 2.45) is 5.92 Å². The summed E-state index contributed by atoms with van der Waals surface area (Å²) in [5, 5.41) is 8.73. The summed E-state index contributed by atoms with van der Waals surface area (Å²) in [6.07, 6.45) is 1.60. The Hall–Kier alpha value is -3.12. The van der Waals surface area contributed by atoms with Crippen LogP contribution in [0.1, 0.15) is 12.8 Å². The molecule has 3 aromatic rings. The Balaban J connectivity index is 1.43. The van der Waals surface area contributed by atoms with Crippen molar-refractivity contribution in [3.8, 4) is 11.1 Å². The second-order valence-electron chi connectivity index (χ2n) is 7.09. The molecule has 1 fully saturated rings. The van der Waals surface area contributed by atoms with Gasteiger partial charge in [-0.2, -0.15) is 0 Å². The Bertz CT molecular complexity index is 973. The molecule has 0 aliphatic carbocycles. The van der Waals surface area contributed by atoms with E-state index in [2.05, 4.69) is 10.6 Å². The third-order valence-corrected chi connectivity index (χ3v) is 5.89. The van der Waals surface area contributed by atoms with Gasteiger partial charge in [-0.15, -0.1) is 11.3 Å². The van der Waals surface area contributed by atoms with Crippen LogP contribution in [0.2, 0.25) is 0 Å². The van der Waals surface area contributed by atoms with Gasteiger partial charge in [0, 0.05) is 24.3 Å². The Morgan fingerprint density at radius 2 is 1.72 bits per heavy atom. The van der Waals surface area contributed by atoms with Crippen LogP contribution in [0.5, 0.6) is 0 Å². The maximum absolute atomic E-state index is 13.0. The van der Waals surface area contributed by atoms with E-state index in [0.29, 0.717) is 13.1 Å². The molecule has 4 rings (SSSR count). The van der Waals surface area contributed by atoms with E-state index in [9.17, 15) is 9.59 Å². The van der Waals surface area contributed by atoms with Gasteiger partial charge in [-0.3, -0.25) is 10.1 Å². The van der Waals surface area contributed by atoms with E-state index in [-0.39, 0.29) is 17.9 Å². The summed E-state index contributed by atoms with van der Waals surface area (Å²) in [4.78, 5) is 27.2. The Morgan fingerprint density at radius 3 is 2.52 bits per heavy atom. The first-order chi connectivity index (χ1) is 14.2. The maximum atomic E-state index is 13.0. The fourth-order valence-electron chi connectivity index (χ4n) is 3.61. The van der Waals surface area contributed by atoms with Crippen molar-refractivity contribution in [3.05, 3.63) is 72.1 Å². The molecule has 2 N–H and O–H groups in total. The first kappa shape index (κ1) is 19.2. The van der Waals surface area contributed by atoms with Crippen LogP contribution in [0.3, 0.4) is 0 Å². The molecule has 0 radical (unpaired) electrons. The summed E-state index contributed by atoms with van der Waals surface area (Å²) < 4.78 is 0. The average Bonchev–Trinajstić information content (AvgIpc) is 3.28. The van der Waals surface area contributed by atoms with Gasteiger partial charge in [0.15, 0.2) is 0 Å². The van der Waals surface area contributed by atoms with Gasteiger partial charge in [-0.1, -0.05) is 48.5 Å². The molecule has 1 aliphatic rings. The van der Waals surface area contributed by atoms with Crippen LogP contribution in [0.15, 0.2) is 72.1 Å². The Kier molecular flexibility index (Phi) is 5.91. The number of urea groups is 1. The smallest absolute Gasteiger partial charge is 0.322 e. The van der Waals surface area contributed by atoms with E-state index in [1.54, 1.807) is 4.90 Å². The molecule has 1 atom stereocenters. The number of para-hydroxylation sites is 1. The zero-order valence-corrected chi connectivity index (χ0v) is 16.8. The van der Waals surface area contributed by atoms with Gasteiger partial charge >= 0.3 is 6.03 Å². The minimum Gasteiger partial charge on any atom is -0.325 e. The minimum absolute atomic E-state index is 0.0398. The lowest BCUT2D eigenvalue weighted by atomic mass is 9.96. The summed E-state index contributed by atoms with van der Waals surface area (Å²) in [6.45, 7) is 1.10. The number of likely N-dealkylation sites (tertiary alicyclic amines) is 1. The van der Waals surface area contributed by atoms with E-state index < -0.39 is 0 Å². The van der Waals surface area contributed by atoms with Crippen LogP contribution in [-0.4, -0.2) is 29.9 Å². The van der Waals surface area contributed by atoms with Gasteiger partial charge in [0.05, 0.1) is 10.9 Å². The molecule has 6 heteroatoms. The fraction of sp³-hybridized carbons (Fsp3) is 0.217. The minimum atomic E-state index is -0.221. The molecule has 1 saturated heterocycles. The molecular formula is C23H23N3O2S. The zero-order valence-electron chi connectivity index (χ0n) is 16.0. The Morgan fingerprint density at radius 1 is 0.931 bits per heavy atom. The number of hydrogen-bond donors (Lipinski definition) is 2. The highest BCUT2D eigenvalue weighted by Gasteiger charge is 2.29. The number of anilines is 2. The number of benzene rings is 2. The summed E-state index contributed by atoms with van der Waals surface area (Å²) in [6, 6.07) is 21.4. The van der Waals surface area contributed by atoms with E-state index in [1.165, 1.54) is 11.3 Å². The summed E-state index contributed by atoms with van der Waals surface area (Å²) in [5.41, 5.74) is 2.84. The highest BCUT2D eigenvalue weighted by atomic mass is 32.1. The number of hydrogen-bond acceptors (Lipinski definition) is 3. The first-order valence-corrected chi connectivity index (χ1v) is 10.6. The normalized spacial score (nSPS) is 16.3. The van der Waals surface area contributed by atoms with E-state index >= 15 is 0 Å². The van der Waals surface area contributed by atoms with E-state index in [0.717, 1.165) is 34.7 Å².